The van der Waals surface area contributed by atoms with Crippen molar-refractivity contribution in [3.05, 3.63) is 35.9 Å². The van der Waals surface area contributed by atoms with E-state index in [-0.39, 0.29) is 6.54 Å². The van der Waals surface area contributed by atoms with Gasteiger partial charge in [0.05, 0.1) is 5.92 Å². The average Bonchev–Trinajstić information content (AvgIpc) is 2.93. The van der Waals surface area contributed by atoms with Crippen LogP contribution >= 0.6 is 0 Å². The number of carbonyl (C=O) groups is 2. The van der Waals surface area contributed by atoms with E-state index in [1.54, 1.807) is 37.3 Å². The minimum Gasteiger partial charge on any atom is -0.481 e. The van der Waals surface area contributed by atoms with E-state index in [2.05, 4.69) is 0 Å². The third kappa shape index (κ3) is 2.67. The quantitative estimate of drug-likeness (QED) is 0.933. The van der Waals surface area contributed by atoms with E-state index in [0.717, 1.165) is 4.90 Å². The highest BCUT2D eigenvalue weighted by Gasteiger charge is 2.64. The lowest BCUT2D eigenvalue weighted by atomic mass is 9.86. The van der Waals surface area contributed by atoms with Gasteiger partial charge in [0.1, 0.15) is 0 Å². The van der Waals surface area contributed by atoms with Gasteiger partial charge in [-0.15, -0.1) is 0 Å². The lowest BCUT2D eigenvalue weighted by Gasteiger charge is -2.28. The first kappa shape index (κ1) is 16.3. The Labute approximate surface area is 125 Å². The number of carboxylic acid groups (broad SMARTS) is 1. The molecule has 120 valence electrons. The molecule has 0 spiro atoms. The number of carbonyl (C=O) groups excluding carboxylic acids is 1. The normalized spacial score (nSPS) is 23.4. The Morgan fingerprint density at radius 1 is 1.27 bits per heavy atom. The zero-order valence-electron chi connectivity index (χ0n) is 11.9. The van der Waals surface area contributed by atoms with Crippen molar-refractivity contribution in [3.8, 4) is 0 Å². The Hall–Kier alpha value is -2.05. The maximum atomic E-state index is 13.1. The van der Waals surface area contributed by atoms with Crippen LogP contribution in [0.25, 0.3) is 0 Å². The van der Waals surface area contributed by atoms with Crippen molar-refractivity contribution in [1.29, 1.82) is 0 Å². The number of amides is 1. The molecule has 0 aliphatic carbocycles. The Kier molecular flexibility index (Phi) is 4.17. The van der Waals surface area contributed by atoms with E-state index in [1.165, 1.54) is 0 Å². The minimum absolute atomic E-state index is 0.207. The summed E-state index contributed by atoms with van der Waals surface area (Å²) in [5, 5.41) is 9.00. The molecular formula is C15H16F3NO3. The van der Waals surface area contributed by atoms with E-state index < -0.39 is 42.4 Å². The molecule has 0 bridgehead atoms. The molecule has 2 rings (SSSR count). The van der Waals surface area contributed by atoms with Crippen LogP contribution in [0.5, 0.6) is 0 Å². The smallest absolute Gasteiger partial charge is 0.406 e. The molecule has 7 heteroatoms. The lowest BCUT2D eigenvalue weighted by Crippen LogP contribution is -2.48. The fourth-order valence-electron chi connectivity index (χ4n) is 2.68. The number of benzene rings is 1. The summed E-state index contributed by atoms with van der Waals surface area (Å²) in [4.78, 5) is 24.5. The van der Waals surface area contributed by atoms with Gasteiger partial charge < -0.3 is 10.0 Å². The Balaban J connectivity index is 2.19. The van der Waals surface area contributed by atoms with Crippen LogP contribution in [0.3, 0.4) is 0 Å². The maximum Gasteiger partial charge on any atom is 0.406 e. The lowest BCUT2D eigenvalue weighted by molar-refractivity contribution is -0.227. The van der Waals surface area contributed by atoms with Crippen molar-refractivity contribution in [3.63, 3.8) is 0 Å². The first-order chi connectivity index (χ1) is 10.2. The van der Waals surface area contributed by atoms with Gasteiger partial charge in [0.25, 0.3) is 0 Å². The molecule has 2 atom stereocenters. The van der Waals surface area contributed by atoms with Crippen molar-refractivity contribution in [2.24, 2.45) is 5.41 Å². The number of hydrogen-bond acceptors (Lipinski definition) is 2. The van der Waals surface area contributed by atoms with Crippen LogP contribution in [0.15, 0.2) is 30.3 Å². The topological polar surface area (TPSA) is 57.6 Å². The van der Waals surface area contributed by atoms with Gasteiger partial charge in [0.2, 0.25) is 5.91 Å². The summed E-state index contributed by atoms with van der Waals surface area (Å²) >= 11 is 0. The summed E-state index contributed by atoms with van der Waals surface area (Å²) in [7, 11) is 0. The molecule has 1 aliphatic rings. The Morgan fingerprint density at radius 3 is 2.32 bits per heavy atom. The van der Waals surface area contributed by atoms with Gasteiger partial charge in [-0.2, -0.15) is 13.2 Å². The van der Waals surface area contributed by atoms with E-state index in [1.807, 2.05) is 0 Å². The van der Waals surface area contributed by atoms with Crippen LogP contribution in [0, 0.1) is 5.41 Å². The summed E-state index contributed by atoms with van der Waals surface area (Å²) < 4.78 is 39.3. The fraction of sp³-hybridized carbons (Fsp3) is 0.467. The van der Waals surface area contributed by atoms with Crippen molar-refractivity contribution in [1.82, 2.24) is 4.90 Å². The van der Waals surface area contributed by atoms with Crippen LogP contribution in [0.4, 0.5) is 13.2 Å². The van der Waals surface area contributed by atoms with Gasteiger partial charge in [-0.1, -0.05) is 30.3 Å². The largest absolute Gasteiger partial charge is 0.481 e. The first-order valence-electron chi connectivity index (χ1n) is 6.83. The van der Waals surface area contributed by atoms with E-state index >= 15 is 0 Å². The molecule has 0 radical (unpaired) electrons. The molecule has 1 saturated heterocycles. The zero-order chi connectivity index (χ0) is 16.5. The van der Waals surface area contributed by atoms with Gasteiger partial charge in [-0.3, -0.25) is 9.59 Å². The number of halogens is 3. The van der Waals surface area contributed by atoms with Crippen LogP contribution in [-0.4, -0.2) is 41.1 Å². The number of aliphatic carboxylic acids is 1. The molecule has 0 aromatic heterocycles. The molecule has 1 amide bonds. The third-order valence-electron chi connectivity index (χ3n) is 4.20. The van der Waals surface area contributed by atoms with Crippen molar-refractivity contribution in [2.75, 3.05) is 13.1 Å². The molecule has 1 unspecified atom stereocenters. The number of alkyl halides is 3. The standard InChI is InChI=1S/C15H16F3NO3/c1-10(11-5-3-2-4-6-11)12(20)19-8-7-14(9-19,13(21)22)15(16,17)18/h2-6,10H,7-9H2,1H3,(H,21,22)/t10-,14?/m1/s1. The maximum absolute atomic E-state index is 13.1. The molecule has 1 aromatic rings. The molecule has 1 aromatic carbocycles. The molecule has 22 heavy (non-hydrogen) atoms. The highest BCUT2D eigenvalue weighted by Crippen LogP contribution is 2.46. The SMILES string of the molecule is C[C@@H](C(=O)N1CCC(C(=O)O)(C(F)(F)F)C1)c1ccccc1. The van der Waals surface area contributed by atoms with Crippen molar-refractivity contribution >= 4 is 11.9 Å². The summed E-state index contributed by atoms with van der Waals surface area (Å²) in [6, 6.07) is 8.68. The summed E-state index contributed by atoms with van der Waals surface area (Å²) in [5.74, 6) is -3.03. The number of nitrogens with zero attached hydrogens (tertiary/aromatic N) is 1. The van der Waals surface area contributed by atoms with Gasteiger partial charge in [0.15, 0.2) is 5.41 Å². The molecule has 1 fully saturated rings. The van der Waals surface area contributed by atoms with Crippen molar-refractivity contribution < 1.29 is 27.9 Å². The van der Waals surface area contributed by atoms with E-state index in [0.29, 0.717) is 5.56 Å². The third-order valence-corrected chi connectivity index (χ3v) is 4.20. The van der Waals surface area contributed by atoms with Gasteiger partial charge in [-0.25, -0.2) is 0 Å². The van der Waals surface area contributed by atoms with Crippen LogP contribution in [-0.2, 0) is 9.59 Å². The second-order valence-electron chi connectivity index (χ2n) is 5.53. The van der Waals surface area contributed by atoms with Crippen LogP contribution in [0.1, 0.15) is 24.8 Å². The second-order valence-corrected chi connectivity index (χ2v) is 5.53. The Morgan fingerprint density at radius 2 is 1.86 bits per heavy atom. The molecule has 1 aliphatic heterocycles. The predicted octanol–water partition coefficient (Wildman–Crippen LogP) is 2.66. The number of rotatable bonds is 3. The van der Waals surface area contributed by atoms with Gasteiger partial charge >= 0.3 is 12.1 Å². The van der Waals surface area contributed by atoms with Crippen LogP contribution < -0.4 is 0 Å². The average molecular weight is 315 g/mol. The first-order valence-corrected chi connectivity index (χ1v) is 6.83. The minimum atomic E-state index is -4.89. The molecule has 4 nitrogen and oxygen atoms in total. The second kappa shape index (κ2) is 5.62. The number of carboxylic acids is 1. The predicted molar refractivity (Wildman–Crippen MR) is 72.2 cm³/mol. The summed E-state index contributed by atoms with van der Waals surface area (Å²) in [6.07, 6.45) is -5.50. The molecule has 1 N–H and O–H groups in total. The van der Waals surface area contributed by atoms with E-state index in [9.17, 15) is 22.8 Å². The van der Waals surface area contributed by atoms with Crippen molar-refractivity contribution in [2.45, 2.75) is 25.4 Å². The van der Waals surface area contributed by atoms with Crippen LogP contribution in [0.2, 0.25) is 0 Å². The molecule has 0 saturated carbocycles. The molecule has 1 heterocycles. The van der Waals surface area contributed by atoms with Gasteiger partial charge in [-0.05, 0) is 18.9 Å². The summed E-state index contributed by atoms with van der Waals surface area (Å²) in [6.45, 7) is 0.565. The fourth-order valence-corrected chi connectivity index (χ4v) is 2.68. The molecular weight excluding hydrogens is 299 g/mol. The van der Waals surface area contributed by atoms with Gasteiger partial charge in [0, 0.05) is 13.1 Å². The number of hydrogen-bond donors (Lipinski definition) is 1. The van der Waals surface area contributed by atoms with E-state index in [4.69, 9.17) is 5.11 Å². The summed E-state index contributed by atoms with van der Waals surface area (Å²) in [5.41, 5.74) is -2.17. The highest BCUT2D eigenvalue weighted by molar-refractivity contribution is 5.85. The Bertz CT molecular complexity index is 573. The monoisotopic (exact) mass is 315 g/mol. The zero-order valence-corrected chi connectivity index (χ0v) is 11.9. The number of likely N-dealkylation sites (tertiary alicyclic amines) is 1. The highest BCUT2D eigenvalue weighted by atomic mass is 19.4.